The second-order valence-corrected chi connectivity index (χ2v) is 3.61. The van der Waals surface area contributed by atoms with E-state index in [1.54, 1.807) is 6.20 Å². The molecule has 2 N–H and O–H groups in total. The largest absolute Gasteiger partial charge is 0.370 e. The smallest absolute Gasteiger partial charge is 0.218 e. The fourth-order valence-electron chi connectivity index (χ4n) is 0.738. The molecule has 0 aromatic carbocycles. The van der Waals surface area contributed by atoms with E-state index in [1.165, 1.54) is 11.8 Å². The van der Waals surface area contributed by atoms with Crippen molar-refractivity contribution in [3.63, 3.8) is 0 Å². The van der Waals surface area contributed by atoms with Crippen LogP contribution in [-0.4, -0.2) is 21.6 Å². The molecule has 13 heavy (non-hydrogen) atoms. The first-order valence-electron chi connectivity index (χ1n) is 3.89. The first-order valence-corrected chi connectivity index (χ1v) is 4.88. The lowest BCUT2D eigenvalue weighted by atomic mass is 10.5. The van der Waals surface area contributed by atoms with Gasteiger partial charge in [-0.3, -0.25) is 4.79 Å². The van der Waals surface area contributed by atoms with E-state index in [0.717, 1.165) is 5.69 Å². The zero-order chi connectivity index (χ0) is 9.68. The molecule has 0 saturated carbocycles. The highest BCUT2D eigenvalue weighted by Crippen LogP contribution is 2.12. The van der Waals surface area contributed by atoms with Gasteiger partial charge >= 0.3 is 0 Å². The summed E-state index contributed by atoms with van der Waals surface area (Å²) in [6.07, 6.45) is 2.07. The van der Waals surface area contributed by atoms with Crippen molar-refractivity contribution < 1.29 is 4.79 Å². The van der Waals surface area contributed by atoms with Crippen molar-refractivity contribution in [1.82, 2.24) is 9.97 Å². The lowest BCUT2D eigenvalue weighted by molar-refractivity contribution is -0.117. The average Bonchev–Trinajstić information content (AvgIpc) is 2.03. The van der Waals surface area contributed by atoms with Crippen LogP contribution in [0.2, 0.25) is 0 Å². The van der Waals surface area contributed by atoms with Crippen molar-refractivity contribution in [3.05, 3.63) is 18.0 Å². The standard InChI is InChI=1S/C8H11N3OS/c1-6-2-4-10-8(11-6)13-5-3-7(9)12/h2,4H,3,5H2,1H3,(H2,9,12). The molecule has 0 aliphatic rings. The Morgan fingerprint density at radius 1 is 1.69 bits per heavy atom. The second-order valence-electron chi connectivity index (χ2n) is 2.55. The van der Waals surface area contributed by atoms with Crippen LogP contribution in [0.15, 0.2) is 17.4 Å². The maximum absolute atomic E-state index is 10.4. The molecular formula is C8H11N3OS. The predicted octanol–water partition coefficient (Wildman–Crippen LogP) is 0.753. The number of carbonyl (C=O) groups is 1. The van der Waals surface area contributed by atoms with E-state index in [-0.39, 0.29) is 5.91 Å². The zero-order valence-electron chi connectivity index (χ0n) is 7.36. The predicted molar refractivity (Wildman–Crippen MR) is 51.3 cm³/mol. The van der Waals surface area contributed by atoms with Crippen LogP contribution in [0.3, 0.4) is 0 Å². The fourth-order valence-corrected chi connectivity index (χ4v) is 1.57. The lowest BCUT2D eigenvalue weighted by Crippen LogP contribution is -2.11. The Hall–Kier alpha value is -1.10. The number of rotatable bonds is 4. The molecule has 0 fully saturated rings. The van der Waals surface area contributed by atoms with Crippen molar-refractivity contribution in [1.29, 1.82) is 0 Å². The summed E-state index contributed by atoms with van der Waals surface area (Å²) >= 11 is 1.44. The Labute approximate surface area is 81.0 Å². The van der Waals surface area contributed by atoms with Crippen molar-refractivity contribution in [2.24, 2.45) is 5.73 Å². The third-order valence-electron chi connectivity index (χ3n) is 1.35. The molecule has 1 aromatic rings. The number of hydrogen-bond acceptors (Lipinski definition) is 4. The summed E-state index contributed by atoms with van der Waals surface area (Å²) in [6.45, 7) is 1.90. The monoisotopic (exact) mass is 197 g/mol. The molecule has 0 spiro atoms. The van der Waals surface area contributed by atoms with Gasteiger partial charge in [0.05, 0.1) is 0 Å². The summed E-state index contributed by atoms with van der Waals surface area (Å²) in [6, 6.07) is 1.83. The third-order valence-corrected chi connectivity index (χ3v) is 2.22. The maximum Gasteiger partial charge on any atom is 0.218 e. The number of primary amides is 1. The van der Waals surface area contributed by atoms with Gasteiger partial charge in [-0.1, -0.05) is 11.8 Å². The summed E-state index contributed by atoms with van der Waals surface area (Å²) in [7, 11) is 0. The average molecular weight is 197 g/mol. The van der Waals surface area contributed by atoms with Gasteiger partial charge in [-0.15, -0.1) is 0 Å². The molecule has 0 radical (unpaired) electrons. The van der Waals surface area contributed by atoms with Crippen LogP contribution < -0.4 is 5.73 Å². The summed E-state index contributed by atoms with van der Waals surface area (Å²) in [5, 5.41) is 0.696. The Kier molecular flexibility index (Phi) is 3.70. The normalized spacial score (nSPS) is 9.92. The van der Waals surface area contributed by atoms with Crippen molar-refractivity contribution in [3.8, 4) is 0 Å². The maximum atomic E-state index is 10.4. The molecule has 1 rings (SSSR count). The summed E-state index contributed by atoms with van der Waals surface area (Å²) in [5.41, 5.74) is 5.92. The highest BCUT2D eigenvalue weighted by molar-refractivity contribution is 7.99. The summed E-state index contributed by atoms with van der Waals surface area (Å²) < 4.78 is 0. The molecule has 0 unspecified atom stereocenters. The van der Waals surface area contributed by atoms with Gasteiger partial charge < -0.3 is 5.73 Å². The molecule has 1 heterocycles. The van der Waals surface area contributed by atoms with Gasteiger partial charge in [-0.05, 0) is 13.0 Å². The van der Waals surface area contributed by atoms with Gasteiger partial charge in [-0.25, -0.2) is 9.97 Å². The van der Waals surface area contributed by atoms with E-state index in [2.05, 4.69) is 9.97 Å². The molecule has 0 saturated heterocycles. The van der Waals surface area contributed by atoms with E-state index >= 15 is 0 Å². The number of hydrogen-bond donors (Lipinski definition) is 1. The number of aromatic nitrogens is 2. The summed E-state index contributed by atoms with van der Waals surface area (Å²) in [4.78, 5) is 18.6. The zero-order valence-corrected chi connectivity index (χ0v) is 8.17. The first kappa shape index (κ1) is 9.98. The van der Waals surface area contributed by atoms with Crippen LogP contribution in [0.5, 0.6) is 0 Å². The van der Waals surface area contributed by atoms with Gasteiger partial charge in [-0.2, -0.15) is 0 Å². The van der Waals surface area contributed by atoms with Gasteiger partial charge in [0.2, 0.25) is 5.91 Å². The SMILES string of the molecule is Cc1ccnc(SCCC(N)=O)n1. The Bertz CT molecular complexity index is 303. The molecule has 4 nitrogen and oxygen atoms in total. The highest BCUT2D eigenvalue weighted by Gasteiger charge is 1.99. The topological polar surface area (TPSA) is 68.9 Å². The molecule has 5 heteroatoms. The van der Waals surface area contributed by atoms with E-state index in [0.29, 0.717) is 17.3 Å². The van der Waals surface area contributed by atoms with Crippen LogP contribution >= 0.6 is 11.8 Å². The number of nitrogens with two attached hydrogens (primary N) is 1. The van der Waals surface area contributed by atoms with E-state index in [1.807, 2.05) is 13.0 Å². The fraction of sp³-hybridized carbons (Fsp3) is 0.375. The minimum absolute atomic E-state index is 0.292. The molecule has 1 amide bonds. The van der Waals surface area contributed by atoms with E-state index < -0.39 is 0 Å². The number of amides is 1. The van der Waals surface area contributed by atoms with Gasteiger partial charge in [0.1, 0.15) is 0 Å². The van der Waals surface area contributed by atoms with Gasteiger partial charge in [0.25, 0.3) is 0 Å². The second kappa shape index (κ2) is 4.81. The Morgan fingerprint density at radius 2 is 2.46 bits per heavy atom. The third kappa shape index (κ3) is 3.89. The quantitative estimate of drug-likeness (QED) is 0.571. The van der Waals surface area contributed by atoms with Crippen LogP contribution in [-0.2, 0) is 4.79 Å². The molecule has 0 aliphatic heterocycles. The number of carbonyl (C=O) groups excluding carboxylic acids is 1. The van der Waals surface area contributed by atoms with Crippen molar-refractivity contribution >= 4 is 17.7 Å². The number of thioether (sulfide) groups is 1. The number of aryl methyl sites for hydroxylation is 1. The van der Waals surface area contributed by atoms with Crippen LogP contribution in [0.4, 0.5) is 0 Å². The van der Waals surface area contributed by atoms with Gasteiger partial charge in [0.15, 0.2) is 5.16 Å². The minimum Gasteiger partial charge on any atom is -0.370 e. The van der Waals surface area contributed by atoms with E-state index in [4.69, 9.17) is 5.73 Å². The summed E-state index contributed by atoms with van der Waals surface area (Å²) in [5.74, 6) is 0.346. The highest BCUT2D eigenvalue weighted by atomic mass is 32.2. The van der Waals surface area contributed by atoms with Crippen LogP contribution in [0.1, 0.15) is 12.1 Å². The van der Waals surface area contributed by atoms with Crippen molar-refractivity contribution in [2.75, 3.05) is 5.75 Å². The first-order chi connectivity index (χ1) is 6.18. The van der Waals surface area contributed by atoms with Gasteiger partial charge in [0, 0.05) is 24.1 Å². The number of nitrogens with zero attached hydrogens (tertiary/aromatic N) is 2. The molecule has 1 aromatic heterocycles. The molecular weight excluding hydrogens is 186 g/mol. The molecule has 70 valence electrons. The molecule has 0 aliphatic carbocycles. The molecule has 0 bridgehead atoms. The van der Waals surface area contributed by atoms with Crippen LogP contribution in [0.25, 0.3) is 0 Å². The molecule has 0 atom stereocenters. The Morgan fingerprint density at radius 3 is 3.08 bits per heavy atom. The lowest BCUT2D eigenvalue weighted by Gasteiger charge is -1.98. The van der Waals surface area contributed by atoms with Crippen LogP contribution in [0, 0.1) is 6.92 Å². The van der Waals surface area contributed by atoms with E-state index in [9.17, 15) is 4.79 Å². The Balaban J connectivity index is 2.41. The van der Waals surface area contributed by atoms with Crippen molar-refractivity contribution in [2.45, 2.75) is 18.5 Å². The minimum atomic E-state index is -0.292.